The van der Waals surface area contributed by atoms with Crippen molar-refractivity contribution in [2.24, 2.45) is 0 Å². The van der Waals surface area contributed by atoms with Gasteiger partial charge in [-0.15, -0.1) is 11.3 Å². The first-order valence-corrected chi connectivity index (χ1v) is 7.84. The molecule has 3 nitrogen and oxygen atoms in total. The Morgan fingerprint density at radius 3 is 3.06 bits per heavy atom. The smallest absolute Gasteiger partial charge is 0.109 e. The molecular weight excluding hydrogens is 244 g/mol. The summed E-state index contributed by atoms with van der Waals surface area (Å²) < 4.78 is 5.90. The molecule has 18 heavy (non-hydrogen) atoms. The zero-order valence-corrected chi connectivity index (χ0v) is 12.4. The Kier molecular flexibility index (Phi) is 4.76. The van der Waals surface area contributed by atoms with Gasteiger partial charge < -0.3 is 10.1 Å². The van der Waals surface area contributed by atoms with E-state index in [1.807, 2.05) is 6.20 Å². The first-order valence-electron chi connectivity index (χ1n) is 6.96. The van der Waals surface area contributed by atoms with E-state index in [1.165, 1.54) is 5.01 Å². The zero-order chi connectivity index (χ0) is 13.0. The van der Waals surface area contributed by atoms with Gasteiger partial charge >= 0.3 is 0 Å². The van der Waals surface area contributed by atoms with Gasteiger partial charge in [-0.05, 0) is 32.6 Å². The van der Waals surface area contributed by atoms with Crippen LogP contribution in [0.25, 0.3) is 0 Å². The van der Waals surface area contributed by atoms with Crippen LogP contribution in [-0.4, -0.2) is 23.2 Å². The molecule has 0 bridgehead atoms. The lowest BCUT2D eigenvalue weighted by Gasteiger charge is -2.39. The third-order valence-corrected chi connectivity index (χ3v) is 4.83. The Labute approximate surface area is 114 Å². The summed E-state index contributed by atoms with van der Waals surface area (Å²) in [6.45, 7) is 7.53. The van der Waals surface area contributed by atoms with Gasteiger partial charge in [-0.25, -0.2) is 4.98 Å². The highest BCUT2D eigenvalue weighted by molar-refractivity contribution is 7.09. The van der Waals surface area contributed by atoms with Crippen molar-refractivity contribution in [1.82, 2.24) is 10.3 Å². The van der Waals surface area contributed by atoms with Crippen LogP contribution in [0.2, 0.25) is 0 Å². The Morgan fingerprint density at radius 1 is 1.61 bits per heavy atom. The van der Waals surface area contributed by atoms with Gasteiger partial charge in [0.05, 0.1) is 11.6 Å². The second kappa shape index (κ2) is 6.13. The maximum atomic E-state index is 5.90. The summed E-state index contributed by atoms with van der Waals surface area (Å²) in [7, 11) is 0. The molecule has 0 saturated carbocycles. The van der Waals surface area contributed by atoms with E-state index in [-0.39, 0.29) is 5.60 Å². The molecule has 3 unspecified atom stereocenters. The average molecular weight is 268 g/mol. The third-order valence-electron chi connectivity index (χ3n) is 3.94. The predicted molar refractivity (Wildman–Crippen MR) is 76.0 cm³/mol. The second-order valence-electron chi connectivity index (χ2n) is 5.34. The molecule has 4 heteroatoms. The molecule has 1 aromatic heterocycles. The summed E-state index contributed by atoms with van der Waals surface area (Å²) in [4.78, 5) is 4.43. The van der Waals surface area contributed by atoms with Crippen molar-refractivity contribution in [3.8, 4) is 0 Å². The van der Waals surface area contributed by atoms with E-state index in [1.54, 1.807) is 11.3 Å². The van der Waals surface area contributed by atoms with E-state index in [2.05, 4.69) is 36.5 Å². The molecule has 2 rings (SSSR count). The minimum atomic E-state index is 0.0527. The summed E-state index contributed by atoms with van der Waals surface area (Å²) in [5.74, 6) is 0. The monoisotopic (exact) mass is 268 g/mol. The Morgan fingerprint density at radius 2 is 2.44 bits per heavy atom. The Hall–Kier alpha value is -0.450. The zero-order valence-electron chi connectivity index (χ0n) is 11.6. The maximum absolute atomic E-state index is 5.90. The van der Waals surface area contributed by atoms with Crippen LogP contribution in [0.15, 0.2) is 11.6 Å². The molecule has 1 aliphatic heterocycles. The number of aromatic nitrogens is 1. The highest BCUT2D eigenvalue weighted by Gasteiger charge is 2.32. The summed E-state index contributed by atoms with van der Waals surface area (Å²) in [5.41, 5.74) is 0.0527. The van der Waals surface area contributed by atoms with Gasteiger partial charge in [-0.1, -0.05) is 13.8 Å². The molecule has 0 radical (unpaired) electrons. The molecule has 102 valence electrons. The van der Waals surface area contributed by atoms with E-state index in [0.29, 0.717) is 12.1 Å². The Balaban J connectivity index is 1.95. The number of nitrogens with zero attached hydrogens (tertiary/aromatic N) is 1. The van der Waals surface area contributed by atoms with Crippen LogP contribution in [-0.2, 0) is 4.74 Å². The van der Waals surface area contributed by atoms with E-state index in [0.717, 1.165) is 32.3 Å². The second-order valence-corrected chi connectivity index (χ2v) is 6.27. The maximum Gasteiger partial charge on any atom is 0.109 e. The normalized spacial score (nSPS) is 30.3. The molecule has 0 spiro atoms. The number of rotatable bonds is 5. The number of ether oxygens (including phenoxy) is 1. The molecule has 0 aliphatic carbocycles. The van der Waals surface area contributed by atoms with E-state index in [4.69, 9.17) is 4.74 Å². The molecule has 2 heterocycles. The van der Waals surface area contributed by atoms with E-state index >= 15 is 0 Å². The van der Waals surface area contributed by atoms with Crippen LogP contribution < -0.4 is 5.32 Å². The summed E-state index contributed by atoms with van der Waals surface area (Å²) in [5, 5.41) is 7.03. The fourth-order valence-corrected chi connectivity index (χ4v) is 3.36. The van der Waals surface area contributed by atoms with Crippen molar-refractivity contribution in [3.05, 3.63) is 16.6 Å². The molecule has 1 fully saturated rings. The van der Waals surface area contributed by atoms with Crippen molar-refractivity contribution >= 4 is 11.3 Å². The summed E-state index contributed by atoms with van der Waals surface area (Å²) >= 11 is 1.74. The van der Waals surface area contributed by atoms with Gasteiger partial charge in [0, 0.05) is 24.2 Å². The molecule has 0 amide bonds. The van der Waals surface area contributed by atoms with Gasteiger partial charge in [0.1, 0.15) is 5.01 Å². The molecule has 1 aromatic rings. The van der Waals surface area contributed by atoms with Crippen LogP contribution in [0.4, 0.5) is 0 Å². The van der Waals surface area contributed by atoms with Crippen molar-refractivity contribution in [1.29, 1.82) is 0 Å². The van der Waals surface area contributed by atoms with Gasteiger partial charge in [0.15, 0.2) is 0 Å². The molecule has 1 N–H and O–H groups in total. The lowest BCUT2D eigenvalue weighted by atomic mass is 9.89. The van der Waals surface area contributed by atoms with E-state index in [9.17, 15) is 0 Å². The highest BCUT2D eigenvalue weighted by Crippen LogP contribution is 2.30. The molecule has 0 aromatic carbocycles. The first kappa shape index (κ1) is 14.0. The minimum absolute atomic E-state index is 0.0527. The standard InChI is InChI=1S/C14H24N2OS/c1-4-12(13-15-7-9-18-13)16-11-6-8-17-14(3,5-2)10-11/h7,9,11-12,16H,4-6,8,10H2,1-3H3. The summed E-state index contributed by atoms with van der Waals surface area (Å²) in [6, 6.07) is 0.951. The highest BCUT2D eigenvalue weighted by atomic mass is 32.1. The van der Waals surface area contributed by atoms with Crippen LogP contribution >= 0.6 is 11.3 Å². The van der Waals surface area contributed by atoms with Gasteiger partial charge in [0.2, 0.25) is 0 Å². The molecule has 1 aliphatic rings. The summed E-state index contributed by atoms with van der Waals surface area (Å²) in [6.07, 6.45) is 6.28. The third kappa shape index (κ3) is 3.31. The van der Waals surface area contributed by atoms with Crippen molar-refractivity contribution in [2.45, 2.75) is 64.1 Å². The fraction of sp³-hybridized carbons (Fsp3) is 0.786. The fourth-order valence-electron chi connectivity index (χ4n) is 2.57. The predicted octanol–water partition coefficient (Wildman–Crippen LogP) is 3.53. The number of hydrogen-bond acceptors (Lipinski definition) is 4. The molecule has 1 saturated heterocycles. The van der Waals surface area contributed by atoms with Gasteiger partial charge in [-0.2, -0.15) is 0 Å². The topological polar surface area (TPSA) is 34.1 Å². The van der Waals surface area contributed by atoms with Crippen LogP contribution in [0.1, 0.15) is 57.5 Å². The van der Waals surface area contributed by atoms with Crippen molar-refractivity contribution in [2.75, 3.05) is 6.61 Å². The van der Waals surface area contributed by atoms with Crippen LogP contribution in [0, 0.1) is 0 Å². The van der Waals surface area contributed by atoms with Crippen LogP contribution in [0.3, 0.4) is 0 Å². The van der Waals surface area contributed by atoms with Crippen LogP contribution in [0.5, 0.6) is 0 Å². The lowest BCUT2D eigenvalue weighted by molar-refractivity contribution is -0.0792. The van der Waals surface area contributed by atoms with Crippen molar-refractivity contribution in [3.63, 3.8) is 0 Å². The molecule has 3 atom stereocenters. The number of hydrogen-bond donors (Lipinski definition) is 1. The first-order chi connectivity index (χ1) is 8.67. The Bertz CT molecular complexity index is 355. The van der Waals surface area contributed by atoms with Gasteiger partial charge in [0.25, 0.3) is 0 Å². The number of nitrogens with one attached hydrogen (secondary N) is 1. The minimum Gasteiger partial charge on any atom is -0.375 e. The largest absolute Gasteiger partial charge is 0.375 e. The number of thiazole rings is 1. The van der Waals surface area contributed by atoms with Crippen molar-refractivity contribution < 1.29 is 4.74 Å². The van der Waals surface area contributed by atoms with E-state index < -0.39 is 0 Å². The lowest BCUT2D eigenvalue weighted by Crippen LogP contribution is -2.46. The molecular formula is C14H24N2OS. The van der Waals surface area contributed by atoms with Gasteiger partial charge in [-0.3, -0.25) is 0 Å². The average Bonchev–Trinajstić information content (AvgIpc) is 2.90. The quantitative estimate of drug-likeness (QED) is 0.887. The SMILES string of the molecule is CCC(NC1CCOC(C)(CC)C1)c1nccs1.